The lowest BCUT2D eigenvalue weighted by Gasteiger charge is -2.30. The summed E-state index contributed by atoms with van der Waals surface area (Å²) in [6.45, 7) is 5.80. The van der Waals surface area contributed by atoms with Crippen LogP contribution in [0.2, 0.25) is 0 Å². The van der Waals surface area contributed by atoms with Crippen LogP contribution in [0.3, 0.4) is 0 Å². The van der Waals surface area contributed by atoms with Gasteiger partial charge in [-0.25, -0.2) is 0 Å². The first kappa shape index (κ1) is 16.7. The molecule has 0 amide bonds. The lowest BCUT2D eigenvalue weighted by molar-refractivity contribution is -0.165. The van der Waals surface area contributed by atoms with Gasteiger partial charge in [-0.15, -0.1) is 0 Å². The van der Waals surface area contributed by atoms with E-state index >= 15 is 0 Å². The summed E-state index contributed by atoms with van der Waals surface area (Å²) in [4.78, 5) is 36.0. The first-order valence-electron chi connectivity index (χ1n) is 7.41. The van der Waals surface area contributed by atoms with Crippen LogP contribution in [0.4, 0.5) is 0 Å². The van der Waals surface area contributed by atoms with E-state index in [4.69, 9.17) is 9.47 Å². The van der Waals surface area contributed by atoms with Gasteiger partial charge in [-0.2, -0.15) is 0 Å². The molecule has 1 aliphatic rings. The SMILES string of the molecule is CCOC(=O)C(C(=O)OCC)C1CCC(CC)C(=O)C1. The zero-order valence-electron chi connectivity index (χ0n) is 12.5. The molecular formula is C15H24O5. The second-order valence-corrected chi connectivity index (χ2v) is 5.09. The largest absolute Gasteiger partial charge is 0.465 e. The van der Waals surface area contributed by atoms with Gasteiger partial charge in [0, 0.05) is 12.3 Å². The molecule has 20 heavy (non-hydrogen) atoms. The van der Waals surface area contributed by atoms with Crippen molar-refractivity contribution in [1.29, 1.82) is 0 Å². The molecule has 2 unspecified atom stereocenters. The van der Waals surface area contributed by atoms with Crippen molar-refractivity contribution in [3.05, 3.63) is 0 Å². The summed E-state index contributed by atoms with van der Waals surface area (Å²) in [7, 11) is 0. The lowest BCUT2D eigenvalue weighted by atomic mass is 9.74. The van der Waals surface area contributed by atoms with E-state index in [9.17, 15) is 14.4 Å². The molecule has 5 nitrogen and oxygen atoms in total. The molecule has 5 heteroatoms. The predicted octanol–water partition coefficient (Wildman–Crippen LogP) is 2.12. The highest BCUT2D eigenvalue weighted by Gasteiger charge is 2.41. The molecule has 0 bridgehead atoms. The van der Waals surface area contributed by atoms with Crippen LogP contribution in [0, 0.1) is 17.8 Å². The zero-order valence-corrected chi connectivity index (χ0v) is 12.5. The minimum atomic E-state index is -0.961. The van der Waals surface area contributed by atoms with Gasteiger partial charge in [0.05, 0.1) is 13.2 Å². The second-order valence-electron chi connectivity index (χ2n) is 5.09. The number of carbonyl (C=O) groups excluding carboxylic acids is 3. The Balaban J connectivity index is 2.80. The van der Waals surface area contributed by atoms with Crippen molar-refractivity contribution in [2.24, 2.45) is 17.8 Å². The molecule has 1 saturated carbocycles. The Labute approximate surface area is 120 Å². The fourth-order valence-electron chi connectivity index (χ4n) is 2.76. The van der Waals surface area contributed by atoms with Gasteiger partial charge < -0.3 is 9.47 Å². The normalized spacial score (nSPS) is 22.7. The van der Waals surface area contributed by atoms with Gasteiger partial charge in [-0.1, -0.05) is 6.92 Å². The van der Waals surface area contributed by atoms with E-state index in [1.54, 1.807) is 13.8 Å². The Morgan fingerprint density at radius 1 is 1.10 bits per heavy atom. The number of rotatable bonds is 6. The maximum absolute atomic E-state index is 12.0. The van der Waals surface area contributed by atoms with E-state index in [-0.39, 0.29) is 37.3 Å². The van der Waals surface area contributed by atoms with Crippen molar-refractivity contribution in [2.45, 2.75) is 46.5 Å². The number of hydrogen-bond acceptors (Lipinski definition) is 5. The number of ether oxygens (including phenoxy) is 2. The molecule has 0 saturated heterocycles. The van der Waals surface area contributed by atoms with Crippen molar-refractivity contribution in [3.8, 4) is 0 Å². The van der Waals surface area contributed by atoms with E-state index in [1.807, 2.05) is 6.92 Å². The smallest absolute Gasteiger partial charge is 0.320 e. The molecule has 0 aromatic heterocycles. The predicted molar refractivity (Wildman–Crippen MR) is 72.9 cm³/mol. The minimum Gasteiger partial charge on any atom is -0.465 e. The Morgan fingerprint density at radius 3 is 2.05 bits per heavy atom. The standard InChI is InChI=1S/C15H24O5/c1-4-10-7-8-11(9-12(10)16)13(14(17)19-5-2)15(18)20-6-3/h10-11,13H,4-9H2,1-3H3. The molecule has 0 N–H and O–H groups in total. The molecule has 0 radical (unpaired) electrons. The summed E-state index contributed by atoms with van der Waals surface area (Å²) in [5.74, 6) is -2.18. The Bertz CT molecular complexity index is 345. The van der Waals surface area contributed by atoms with Crippen LogP contribution in [0.25, 0.3) is 0 Å². The molecular weight excluding hydrogens is 260 g/mol. The van der Waals surface area contributed by atoms with Gasteiger partial charge in [-0.3, -0.25) is 14.4 Å². The summed E-state index contributed by atoms with van der Waals surface area (Å²) in [5, 5.41) is 0. The second kappa shape index (κ2) is 8.02. The van der Waals surface area contributed by atoms with Crippen LogP contribution < -0.4 is 0 Å². The molecule has 0 spiro atoms. The highest BCUT2D eigenvalue weighted by molar-refractivity contribution is 5.96. The maximum Gasteiger partial charge on any atom is 0.320 e. The van der Waals surface area contributed by atoms with Crippen LogP contribution in [0.15, 0.2) is 0 Å². The number of hydrogen-bond donors (Lipinski definition) is 0. The van der Waals surface area contributed by atoms with Gasteiger partial charge in [0.25, 0.3) is 0 Å². The molecule has 114 valence electrons. The van der Waals surface area contributed by atoms with Crippen LogP contribution in [0.1, 0.15) is 46.5 Å². The molecule has 0 aliphatic heterocycles. The fourth-order valence-corrected chi connectivity index (χ4v) is 2.76. The van der Waals surface area contributed by atoms with Gasteiger partial charge in [0.2, 0.25) is 0 Å². The lowest BCUT2D eigenvalue weighted by Crippen LogP contribution is -2.38. The summed E-state index contributed by atoms with van der Waals surface area (Å²) in [6.07, 6.45) is 2.50. The van der Waals surface area contributed by atoms with Crippen LogP contribution in [-0.4, -0.2) is 30.9 Å². The molecule has 0 heterocycles. The molecule has 1 rings (SSSR count). The monoisotopic (exact) mass is 284 g/mol. The van der Waals surface area contributed by atoms with E-state index in [0.717, 1.165) is 12.8 Å². The van der Waals surface area contributed by atoms with E-state index < -0.39 is 17.9 Å². The molecule has 1 fully saturated rings. The number of ketones is 1. The number of Topliss-reactive ketones (excluding diaryl/α,β-unsaturated/α-hetero) is 1. The molecule has 0 aromatic carbocycles. The van der Waals surface area contributed by atoms with E-state index in [0.29, 0.717) is 6.42 Å². The average Bonchev–Trinajstić information content (AvgIpc) is 2.40. The first-order valence-corrected chi connectivity index (χ1v) is 7.41. The average molecular weight is 284 g/mol. The molecule has 0 aromatic rings. The van der Waals surface area contributed by atoms with Crippen molar-refractivity contribution in [2.75, 3.05) is 13.2 Å². The highest BCUT2D eigenvalue weighted by atomic mass is 16.6. The minimum absolute atomic E-state index is 0.0660. The van der Waals surface area contributed by atoms with Crippen LogP contribution in [0.5, 0.6) is 0 Å². The van der Waals surface area contributed by atoms with Crippen molar-refractivity contribution in [3.63, 3.8) is 0 Å². The summed E-state index contributed by atoms with van der Waals surface area (Å²) in [5.41, 5.74) is 0. The Kier molecular flexibility index (Phi) is 6.68. The van der Waals surface area contributed by atoms with Crippen molar-refractivity contribution in [1.82, 2.24) is 0 Å². The quantitative estimate of drug-likeness (QED) is 0.552. The maximum atomic E-state index is 12.0. The van der Waals surface area contributed by atoms with E-state index in [2.05, 4.69) is 0 Å². The third-order valence-electron chi connectivity index (χ3n) is 3.85. The third-order valence-corrected chi connectivity index (χ3v) is 3.85. The highest BCUT2D eigenvalue weighted by Crippen LogP contribution is 2.34. The number of esters is 2. The van der Waals surface area contributed by atoms with Crippen molar-refractivity contribution >= 4 is 17.7 Å². The van der Waals surface area contributed by atoms with Crippen molar-refractivity contribution < 1.29 is 23.9 Å². The summed E-state index contributed by atoms with van der Waals surface area (Å²) in [6, 6.07) is 0. The summed E-state index contributed by atoms with van der Waals surface area (Å²) >= 11 is 0. The number of carbonyl (C=O) groups is 3. The van der Waals surface area contributed by atoms with Gasteiger partial charge in [-0.05, 0) is 39.0 Å². The zero-order chi connectivity index (χ0) is 15.1. The first-order chi connectivity index (χ1) is 9.54. The fraction of sp³-hybridized carbons (Fsp3) is 0.800. The van der Waals surface area contributed by atoms with Crippen LogP contribution >= 0.6 is 0 Å². The van der Waals surface area contributed by atoms with E-state index in [1.165, 1.54) is 0 Å². The Hall–Kier alpha value is -1.39. The van der Waals surface area contributed by atoms with Gasteiger partial charge in [0.15, 0.2) is 5.92 Å². The van der Waals surface area contributed by atoms with Gasteiger partial charge in [0.1, 0.15) is 5.78 Å². The van der Waals surface area contributed by atoms with Gasteiger partial charge >= 0.3 is 11.9 Å². The topological polar surface area (TPSA) is 69.7 Å². The molecule has 2 atom stereocenters. The molecule has 1 aliphatic carbocycles. The Morgan fingerprint density at radius 2 is 1.65 bits per heavy atom. The third kappa shape index (κ3) is 4.05. The summed E-state index contributed by atoms with van der Waals surface area (Å²) < 4.78 is 9.92. The van der Waals surface area contributed by atoms with Crippen LogP contribution in [-0.2, 0) is 23.9 Å².